The van der Waals surface area contributed by atoms with Crippen LogP contribution in [0.1, 0.15) is 43.7 Å². The third-order valence-corrected chi connectivity index (χ3v) is 3.73. The highest BCUT2D eigenvalue weighted by Gasteiger charge is 2.29. The smallest absolute Gasteiger partial charge is 0.374 e. The molecule has 0 N–H and O–H groups in total. The molecule has 1 saturated carbocycles. The zero-order valence-electron chi connectivity index (χ0n) is 11.0. The highest BCUT2D eigenvalue weighted by Crippen LogP contribution is 2.30. The molecule has 0 aromatic heterocycles. The van der Waals surface area contributed by atoms with E-state index in [1.165, 1.54) is 25.0 Å². The third kappa shape index (κ3) is 4.23. The van der Waals surface area contributed by atoms with Crippen LogP contribution in [-0.4, -0.2) is 6.10 Å². The summed E-state index contributed by atoms with van der Waals surface area (Å²) in [6, 6.07) is 5.21. The summed E-state index contributed by atoms with van der Waals surface area (Å²) < 4.78 is 43.0. The fraction of sp³-hybridized carbons (Fsp3) is 0.600. The van der Waals surface area contributed by atoms with Crippen molar-refractivity contribution in [2.24, 2.45) is 5.92 Å². The summed E-state index contributed by atoms with van der Waals surface area (Å²) in [5.41, 5.74) is 0.189. The van der Waals surface area contributed by atoms with Crippen LogP contribution in [0.15, 0.2) is 24.3 Å². The van der Waals surface area contributed by atoms with Gasteiger partial charge in [-0.2, -0.15) is 13.2 Å². The molecule has 0 atom stereocenters. The maximum absolute atomic E-state index is 12.4. The second kappa shape index (κ2) is 5.95. The summed E-state index contributed by atoms with van der Waals surface area (Å²) in [6.07, 6.45) is 0.469. The van der Waals surface area contributed by atoms with Crippen molar-refractivity contribution in [1.82, 2.24) is 0 Å². The monoisotopic (exact) mass is 272 g/mol. The zero-order chi connectivity index (χ0) is 13.9. The van der Waals surface area contributed by atoms with Crippen molar-refractivity contribution in [2.45, 2.75) is 51.5 Å². The molecule has 0 spiro atoms. The van der Waals surface area contributed by atoms with Gasteiger partial charge in [0.15, 0.2) is 0 Å². The minimum Gasteiger partial charge on any atom is -0.374 e. The Labute approximate surface area is 111 Å². The van der Waals surface area contributed by atoms with E-state index >= 15 is 0 Å². The summed E-state index contributed by atoms with van der Waals surface area (Å²) in [7, 11) is 0. The lowest BCUT2D eigenvalue weighted by molar-refractivity contribution is -0.137. The predicted octanol–water partition coefficient (Wildman–Crippen LogP) is 4.80. The number of ether oxygens (including phenoxy) is 1. The van der Waals surface area contributed by atoms with Crippen LogP contribution in [-0.2, 0) is 17.5 Å². The van der Waals surface area contributed by atoms with Gasteiger partial charge in [0.1, 0.15) is 0 Å². The van der Waals surface area contributed by atoms with Crippen molar-refractivity contribution in [3.8, 4) is 0 Å². The molecule has 1 aliphatic rings. The highest BCUT2D eigenvalue weighted by molar-refractivity contribution is 5.24. The Kier molecular flexibility index (Phi) is 4.50. The lowest BCUT2D eigenvalue weighted by Gasteiger charge is -2.26. The molecule has 0 aliphatic heterocycles. The average molecular weight is 272 g/mol. The van der Waals surface area contributed by atoms with Crippen molar-refractivity contribution in [3.63, 3.8) is 0 Å². The van der Waals surface area contributed by atoms with Crippen LogP contribution < -0.4 is 0 Å². The van der Waals surface area contributed by atoms with Gasteiger partial charge < -0.3 is 4.74 Å². The van der Waals surface area contributed by atoms with E-state index in [9.17, 15) is 13.2 Å². The van der Waals surface area contributed by atoms with Gasteiger partial charge in [0, 0.05) is 0 Å². The van der Waals surface area contributed by atoms with E-state index < -0.39 is 11.7 Å². The molecule has 0 saturated heterocycles. The molecule has 1 aliphatic carbocycles. The van der Waals surface area contributed by atoms with Crippen molar-refractivity contribution >= 4 is 0 Å². The standard InChI is InChI=1S/C15H19F3O/c1-11-2-8-14(9-3-11)19-10-12-4-6-13(7-5-12)15(16,17)18/h4-7,11,14H,2-3,8-10H2,1H3. The molecule has 1 nitrogen and oxygen atoms in total. The Hall–Kier alpha value is -1.03. The van der Waals surface area contributed by atoms with E-state index in [1.54, 1.807) is 0 Å². The van der Waals surface area contributed by atoms with Crippen LogP contribution >= 0.6 is 0 Å². The van der Waals surface area contributed by atoms with Crippen molar-refractivity contribution in [2.75, 3.05) is 0 Å². The van der Waals surface area contributed by atoms with Gasteiger partial charge in [-0.15, -0.1) is 0 Å². The maximum Gasteiger partial charge on any atom is 0.416 e. The van der Waals surface area contributed by atoms with Gasteiger partial charge in [-0.1, -0.05) is 19.1 Å². The Morgan fingerprint density at radius 1 is 1.05 bits per heavy atom. The maximum atomic E-state index is 12.4. The van der Waals surface area contributed by atoms with Crippen LogP contribution in [0.25, 0.3) is 0 Å². The van der Waals surface area contributed by atoms with Gasteiger partial charge in [-0.25, -0.2) is 0 Å². The summed E-state index contributed by atoms with van der Waals surface area (Å²) >= 11 is 0. The summed E-state index contributed by atoms with van der Waals surface area (Å²) in [5.74, 6) is 0.769. The highest BCUT2D eigenvalue weighted by atomic mass is 19.4. The Bertz CT molecular complexity index is 389. The molecule has 0 unspecified atom stereocenters. The molecule has 2 rings (SSSR count). The van der Waals surface area contributed by atoms with E-state index in [-0.39, 0.29) is 6.10 Å². The van der Waals surface area contributed by atoms with Crippen molar-refractivity contribution in [1.29, 1.82) is 0 Å². The number of benzene rings is 1. The van der Waals surface area contributed by atoms with Crippen LogP contribution in [0.5, 0.6) is 0 Å². The number of alkyl halides is 3. The molecular weight excluding hydrogens is 253 g/mol. The molecule has 1 fully saturated rings. The van der Waals surface area contributed by atoms with E-state index in [1.807, 2.05) is 0 Å². The van der Waals surface area contributed by atoms with Crippen LogP contribution in [0.4, 0.5) is 13.2 Å². The van der Waals surface area contributed by atoms with Gasteiger partial charge in [-0.05, 0) is 49.3 Å². The van der Waals surface area contributed by atoms with Crippen molar-refractivity contribution in [3.05, 3.63) is 35.4 Å². The van der Waals surface area contributed by atoms with E-state index in [2.05, 4.69) is 6.92 Å². The second-order valence-electron chi connectivity index (χ2n) is 5.39. The van der Waals surface area contributed by atoms with Gasteiger partial charge in [0.2, 0.25) is 0 Å². The number of hydrogen-bond acceptors (Lipinski definition) is 1. The summed E-state index contributed by atoms with van der Waals surface area (Å²) in [5, 5.41) is 0. The zero-order valence-corrected chi connectivity index (χ0v) is 11.0. The number of rotatable bonds is 3. The quantitative estimate of drug-likeness (QED) is 0.768. The first-order chi connectivity index (χ1) is 8.95. The topological polar surface area (TPSA) is 9.23 Å². The molecule has 0 amide bonds. The van der Waals surface area contributed by atoms with Gasteiger partial charge >= 0.3 is 6.18 Å². The third-order valence-electron chi connectivity index (χ3n) is 3.73. The van der Waals surface area contributed by atoms with E-state index in [4.69, 9.17) is 4.74 Å². The molecule has 4 heteroatoms. The predicted molar refractivity (Wildman–Crippen MR) is 67.7 cm³/mol. The first kappa shape index (κ1) is 14.4. The molecule has 106 valence electrons. The van der Waals surface area contributed by atoms with Gasteiger partial charge in [-0.3, -0.25) is 0 Å². The average Bonchev–Trinajstić information content (AvgIpc) is 2.37. The fourth-order valence-electron chi connectivity index (χ4n) is 2.40. The van der Waals surface area contributed by atoms with Crippen LogP contribution in [0.3, 0.4) is 0 Å². The minimum atomic E-state index is -4.26. The molecule has 19 heavy (non-hydrogen) atoms. The molecule has 1 aromatic carbocycles. The number of hydrogen-bond donors (Lipinski definition) is 0. The second-order valence-corrected chi connectivity index (χ2v) is 5.39. The fourth-order valence-corrected chi connectivity index (χ4v) is 2.40. The van der Waals surface area contributed by atoms with Gasteiger partial charge in [0.05, 0.1) is 18.3 Å². The molecule has 0 bridgehead atoms. The minimum absolute atomic E-state index is 0.262. The largest absolute Gasteiger partial charge is 0.416 e. The number of halogens is 3. The van der Waals surface area contributed by atoms with Crippen molar-refractivity contribution < 1.29 is 17.9 Å². The summed E-state index contributed by atoms with van der Waals surface area (Å²) in [4.78, 5) is 0. The van der Waals surface area contributed by atoms with Gasteiger partial charge in [0.25, 0.3) is 0 Å². The SMILES string of the molecule is CC1CCC(OCc2ccc(C(F)(F)F)cc2)CC1. The van der Waals surface area contributed by atoms with E-state index in [0.717, 1.165) is 36.5 Å². The molecule has 1 aromatic rings. The Morgan fingerprint density at radius 3 is 2.16 bits per heavy atom. The summed E-state index contributed by atoms with van der Waals surface area (Å²) in [6.45, 7) is 2.64. The molecule has 0 heterocycles. The Morgan fingerprint density at radius 2 is 1.63 bits per heavy atom. The molecule has 0 radical (unpaired) electrons. The van der Waals surface area contributed by atoms with Crippen LogP contribution in [0.2, 0.25) is 0 Å². The van der Waals surface area contributed by atoms with E-state index in [0.29, 0.717) is 6.61 Å². The lowest BCUT2D eigenvalue weighted by Crippen LogP contribution is -2.20. The Balaban J connectivity index is 1.83. The lowest BCUT2D eigenvalue weighted by atomic mass is 9.89. The normalized spacial score (nSPS) is 24.4. The first-order valence-electron chi connectivity index (χ1n) is 6.73. The first-order valence-corrected chi connectivity index (χ1v) is 6.73. The van der Waals surface area contributed by atoms with Crippen LogP contribution in [0, 0.1) is 5.92 Å². The molecular formula is C15H19F3O.